The van der Waals surface area contributed by atoms with E-state index in [1.807, 2.05) is 0 Å². The molecule has 3 heterocycles. The van der Waals surface area contributed by atoms with Crippen LogP contribution in [-0.4, -0.2) is 26.6 Å². The molecule has 3 N–H and O–H groups in total. The zero-order chi connectivity index (χ0) is 18.6. The second-order valence-corrected chi connectivity index (χ2v) is 9.26. The lowest BCUT2D eigenvalue weighted by molar-refractivity contribution is -0.895. The molecular weight excluding hydrogens is 486 g/mol. The maximum atomic E-state index is 12.8. The van der Waals surface area contributed by atoms with Gasteiger partial charge >= 0.3 is 0 Å². The first-order valence-corrected chi connectivity index (χ1v) is 10.6. The molecule has 2 unspecified atom stereocenters. The molecule has 4 rings (SSSR count). The van der Waals surface area contributed by atoms with Gasteiger partial charge in [0.1, 0.15) is 23.5 Å². The fourth-order valence-corrected chi connectivity index (χ4v) is 5.82. The van der Waals surface area contributed by atoms with Crippen molar-refractivity contribution in [3.05, 3.63) is 36.6 Å². The first-order valence-electron chi connectivity index (χ1n) is 8.16. The van der Waals surface area contributed by atoms with E-state index in [9.17, 15) is 9.90 Å². The van der Waals surface area contributed by atoms with Gasteiger partial charge in [-0.1, -0.05) is 5.75 Å². The minimum Gasteiger partial charge on any atom is -0.870 e. The van der Waals surface area contributed by atoms with Crippen molar-refractivity contribution in [3.63, 3.8) is 0 Å². The summed E-state index contributed by atoms with van der Waals surface area (Å²) in [5.74, 6) is -0.159. The van der Waals surface area contributed by atoms with Gasteiger partial charge in [0, 0.05) is 20.9 Å². The zero-order valence-electron chi connectivity index (χ0n) is 14.2. The highest BCUT2D eigenvalue weighted by Crippen LogP contribution is 2.45. The molecule has 9 heteroatoms. The second-order valence-electron chi connectivity index (χ2n) is 6.51. The maximum absolute atomic E-state index is 12.8. The van der Waals surface area contributed by atoms with Crippen molar-refractivity contribution in [1.29, 1.82) is 0 Å². The number of carbonyl (C=O) groups is 1. The van der Waals surface area contributed by atoms with Crippen LogP contribution in [0.1, 0.15) is 32.5 Å². The number of amides is 1. The van der Waals surface area contributed by atoms with E-state index in [0.29, 0.717) is 14.5 Å². The molecule has 0 saturated heterocycles. The Hall–Kier alpha value is -1.29. The number of benzene rings is 1. The molecule has 1 aromatic heterocycles. The zero-order valence-corrected chi connectivity index (χ0v) is 18.2. The van der Waals surface area contributed by atoms with E-state index in [0.717, 1.165) is 35.6 Å². The molecule has 138 valence electrons. The smallest absolute Gasteiger partial charge is 0.256 e. The predicted molar refractivity (Wildman–Crippen MR) is 105 cm³/mol. The first kappa shape index (κ1) is 18.1. The Bertz CT molecular complexity index is 915. The van der Waals surface area contributed by atoms with E-state index < -0.39 is 6.17 Å². The Balaban J connectivity index is 1.77. The molecule has 2 aliphatic rings. The van der Waals surface area contributed by atoms with Crippen LogP contribution < -0.4 is 25.4 Å². The number of methoxy groups -OCH3 is 1. The number of rotatable bonds is 2. The molecule has 0 fully saturated rings. The van der Waals surface area contributed by atoms with E-state index in [2.05, 4.69) is 49.5 Å². The number of nitrogens with one attached hydrogen (secondary N) is 3. The molecule has 26 heavy (non-hydrogen) atoms. The highest BCUT2D eigenvalue weighted by molar-refractivity contribution is 9.13. The lowest BCUT2D eigenvalue weighted by Crippen LogP contribution is -3.08. The Labute approximate surface area is 171 Å². The molecule has 1 aromatic carbocycles. The summed E-state index contributed by atoms with van der Waals surface area (Å²) in [6.07, 6.45) is 0.280. The van der Waals surface area contributed by atoms with Crippen LogP contribution in [-0.2, 0) is 13.0 Å². The molecule has 0 spiro atoms. The molecular formula is C17H17Br2N3O3S. The van der Waals surface area contributed by atoms with Crippen LogP contribution in [0.25, 0.3) is 0 Å². The Kier molecular flexibility index (Phi) is 4.66. The summed E-state index contributed by atoms with van der Waals surface area (Å²) in [7, 11) is 3.62. The largest absolute Gasteiger partial charge is 0.870 e. The number of ether oxygens (including phenoxy) is 1. The number of likely N-dealkylation sites (N-methyl/N-ethyl adjacent to an activating group) is 1. The van der Waals surface area contributed by atoms with Gasteiger partial charge in [0.05, 0.1) is 31.1 Å². The first-order chi connectivity index (χ1) is 12.4. The Morgan fingerprint density at radius 3 is 2.88 bits per heavy atom. The van der Waals surface area contributed by atoms with Crippen LogP contribution in [0.2, 0.25) is 0 Å². The molecule has 2 aromatic rings. The van der Waals surface area contributed by atoms with Crippen LogP contribution >= 0.6 is 43.2 Å². The molecule has 0 bridgehead atoms. The average Bonchev–Trinajstić information content (AvgIpc) is 2.96. The van der Waals surface area contributed by atoms with Gasteiger partial charge in [0.2, 0.25) is 0 Å². The summed E-state index contributed by atoms with van der Waals surface area (Å²) in [6, 6.07) is 1.62. The van der Waals surface area contributed by atoms with E-state index in [4.69, 9.17) is 4.74 Å². The molecule has 0 aliphatic carbocycles. The van der Waals surface area contributed by atoms with E-state index in [1.54, 1.807) is 17.4 Å². The number of carbonyl (C=O) groups excluding carboxylic acids is 1. The van der Waals surface area contributed by atoms with Gasteiger partial charge in [-0.15, -0.1) is 11.3 Å². The van der Waals surface area contributed by atoms with Crippen molar-refractivity contribution in [1.82, 2.24) is 5.32 Å². The molecule has 2 aliphatic heterocycles. The highest BCUT2D eigenvalue weighted by Gasteiger charge is 2.35. The second kappa shape index (κ2) is 6.70. The van der Waals surface area contributed by atoms with Crippen LogP contribution in [0, 0.1) is 0 Å². The Morgan fingerprint density at radius 2 is 2.15 bits per heavy atom. The topological polar surface area (TPSA) is 77.9 Å². The van der Waals surface area contributed by atoms with Gasteiger partial charge < -0.3 is 25.4 Å². The summed E-state index contributed by atoms with van der Waals surface area (Å²) in [4.78, 5) is 15.5. The lowest BCUT2D eigenvalue weighted by atomic mass is 10.0. The van der Waals surface area contributed by atoms with Gasteiger partial charge in [-0.3, -0.25) is 4.79 Å². The van der Waals surface area contributed by atoms with E-state index in [-0.39, 0.29) is 17.4 Å². The lowest BCUT2D eigenvalue weighted by Gasteiger charge is -2.31. The predicted octanol–water partition coefficient (Wildman–Crippen LogP) is 1.78. The van der Waals surface area contributed by atoms with Crippen molar-refractivity contribution in [2.45, 2.75) is 19.1 Å². The number of thiophene rings is 1. The van der Waals surface area contributed by atoms with E-state index in [1.165, 1.54) is 16.9 Å². The van der Waals surface area contributed by atoms with Crippen molar-refractivity contribution >= 4 is 54.1 Å². The minimum atomic E-state index is -0.617. The van der Waals surface area contributed by atoms with Crippen molar-refractivity contribution in [2.75, 3.05) is 26.0 Å². The number of quaternary nitrogens is 1. The normalized spacial score (nSPS) is 21.5. The van der Waals surface area contributed by atoms with Gasteiger partial charge in [0.25, 0.3) is 5.91 Å². The minimum absolute atomic E-state index is 0.133. The van der Waals surface area contributed by atoms with Crippen LogP contribution in [0.5, 0.6) is 11.5 Å². The quantitative estimate of drug-likeness (QED) is 0.585. The van der Waals surface area contributed by atoms with Crippen molar-refractivity contribution < 1.29 is 19.5 Å². The van der Waals surface area contributed by atoms with Gasteiger partial charge in [-0.2, -0.15) is 0 Å². The molecule has 6 nitrogen and oxygen atoms in total. The fraction of sp³-hybridized carbons (Fsp3) is 0.353. The number of halogens is 2. The van der Waals surface area contributed by atoms with Gasteiger partial charge in [0.15, 0.2) is 0 Å². The average molecular weight is 503 g/mol. The third kappa shape index (κ3) is 2.81. The summed E-state index contributed by atoms with van der Waals surface area (Å²) in [5, 5.41) is 19.9. The number of hydrogen-bond acceptors (Lipinski definition) is 5. The van der Waals surface area contributed by atoms with E-state index >= 15 is 0 Å². The third-order valence-electron chi connectivity index (χ3n) is 4.81. The van der Waals surface area contributed by atoms with Crippen LogP contribution in [0.15, 0.2) is 15.0 Å². The van der Waals surface area contributed by atoms with Gasteiger partial charge in [-0.25, -0.2) is 0 Å². The molecule has 0 radical (unpaired) electrons. The Morgan fingerprint density at radius 1 is 1.38 bits per heavy atom. The highest BCUT2D eigenvalue weighted by atomic mass is 79.9. The number of anilines is 1. The molecule has 0 saturated carbocycles. The maximum Gasteiger partial charge on any atom is 0.256 e. The molecule has 2 atom stereocenters. The van der Waals surface area contributed by atoms with Crippen LogP contribution in [0.4, 0.5) is 5.00 Å². The third-order valence-corrected chi connectivity index (χ3v) is 7.99. The summed E-state index contributed by atoms with van der Waals surface area (Å²) in [6.45, 7) is 1.94. The van der Waals surface area contributed by atoms with Crippen molar-refractivity contribution in [3.8, 4) is 11.5 Å². The number of hydrogen-bond donors (Lipinski definition) is 3. The van der Waals surface area contributed by atoms with Crippen LogP contribution in [0.3, 0.4) is 0 Å². The molecule has 1 amide bonds. The standard InChI is InChI=1S/C17H17Br2N3O3S/c1-22-4-3-7-10(6-22)26-17-11(7)16(24)20-15(21-17)12-13(19)8(18)5-9(25-2)14(12)23/h5,15,21,23H,3-4,6H2,1-2H3,(H,20,24). The SMILES string of the molecule is COc1cc(Br)c(Br)c(C2NC(=O)c3c(sc4c3CC[NH+](C)C4)N2)c1[O-]. The van der Waals surface area contributed by atoms with Gasteiger partial charge in [-0.05, 0) is 43.5 Å². The monoisotopic (exact) mass is 501 g/mol. The summed E-state index contributed by atoms with van der Waals surface area (Å²) < 4.78 is 6.49. The summed E-state index contributed by atoms with van der Waals surface area (Å²) in [5.41, 5.74) is 2.30. The fourth-order valence-electron chi connectivity index (χ4n) is 3.49. The number of fused-ring (bicyclic) bond motifs is 3. The summed E-state index contributed by atoms with van der Waals surface area (Å²) >= 11 is 8.51. The van der Waals surface area contributed by atoms with Crippen molar-refractivity contribution in [2.24, 2.45) is 0 Å².